The Balaban J connectivity index is 0. The third kappa shape index (κ3) is 15.5. The number of ether oxygens (including phenoxy) is 2. The Morgan fingerprint density at radius 1 is 0.614 bits per heavy atom. The summed E-state index contributed by atoms with van der Waals surface area (Å²) in [7, 11) is 12.4. The van der Waals surface area contributed by atoms with Gasteiger partial charge in [0, 0.05) is 47.8 Å². The van der Waals surface area contributed by atoms with Gasteiger partial charge in [-0.1, -0.05) is 0 Å². The summed E-state index contributed by atoms with van der Waals surface area (Å²) < 4.78 is 9.12. The average Bonchev–Trinajstić information content (AvgIpc) is 3.02. The summed E-state index contributed by atoms with van der Waals surface area (Å²) >= 11 is -0.346. The molecule has 0 amide bonds. The standard InChI is InChI=1S/C14H12N2O3.C8H9NO.C7H7NO2.2ClH.2H2O.Ru/c1-9(17)10-3-5-15-12(7-10)13-8-11(4-6-16-13)14(18)19-2;1-6-5-8(7(2)10)3-4-9-6;1-10-7(9)6-2-4-8-5-3-6;;;;;/h3-8H,1-2H3;3-5H,1-2H3;2-5H,1H3;2*1H;2*1H2;/q;;;;;;;+2/p-2. The molecule has 238 valence electrons. The number of aryl methyl sites for hydroxylation is 1. The number of rotatable bonds is 5. The Morgan fingerprint density at radius 2 is 0.977 bits per heavy atom. The second-order valence-electron chi connectivity index (χ2n) is 7.93. The van der Waals surface area contributed by atoms with Crippen molar-refractivity contribution >= 4 is 42.9 Å². The number of Topliss-reactive ketones (excluding diaryl/α,β-unsaturated/α-hetero) is 2. The van der Waals surface area contributed by atoms with Gasteiger partial charge in [0.25, 0.3) is 0 Å². The average molecular weight is 737 g/mol. The van der Waals surface area contributed by atoms with Gasteiger partial charge >= 0.3 is 46.5 Å². The van der Waals surface area contributed by atoms with E-state index < -0.39 is 5.97 Å². The molecule has 0 spiro atoms. The summed E-state index contributed by atoms with van der Waals surface area (Å²) in [6.45, 7) is 4.90. The number of nitrogens with zero attached hydrogens (tertiary/aromatic N) is 4. The second kappa shape index (κ2) is 23.5. The van der Waals surface area contributed by atoms with Crippen LogP contribution in [0.1, 0.15) is 61.0 Å². The van der Waals surface area contributed by atoms with E-state index in [4.69, 9.17) is 19.4 Å². The van der Waals surface area contributed by atoms with Crippen LogP contribution in [0, 0.1) is 6.92 Å². The third-order valence-corrected chi connectivity index (χ3v) is 5.01. The molecule has 0 aliphatic carbocycles. The molecule has 12 nitrogen and oxygen atoms in total. The number of esters is 2. The third-order valence-electron chi connectivity index (χ3n) is 5.01. The molecule has 0 aliphatic rings. The number of carbonyl (C=O) groups excluding carboxylic acids is 4. The predicted molar refractivity (Wildman–Crippen MR) is 162 cm³/mol. The van der Waals surface area contributed by atoms with E-state index in [0.717, 1.165) is 11.3 Å². The molecule has 0 fully saturated rings. The van der Waals surface area contributed by atoms with E-state index >= 15 is 0 Å². The van der Waals surface area contributed by atoms with Crippen molar-refractivity contribution in [2.45, 2.75) is 20.8 Å². The van der Waals surface area contributed by atoms with Gasteiger partial charge in [0.05, 0.1) is 36.7 Å². The van der Waals surface area contributed by atoms with Crippen LogP contribution in [0.2, 0.25) is 0 Å². The molecule has 4 heterocycles. The topological polar surface area (TPSA) is 201 Å². The van der Waals surface area contributed by atoms with E-state index in [-0.39, 0.29) is 43.6 Å². The van der Waals surface area contributed by atoms with Gasteiger partial charge in [-0.25, -0.2) is 9.59 Å². The summed E-state index contributed by atoms with van der Waals surface area (Å²) in [6, 6.07) is 13.1. The fourth-order valence-electron chi connectivity index (χ4n) is 2.98. The Hall–Kier alpha value is -4.00. The van der Waals surface area contributed by atoms with Crippen molar-refractivity contribution in [2.24, 2.45) is 0 Å². The van der Waals surface area contributed by atoms with Gasteiger partial charge in [-0.15, -0.1) is 0 Å². The summed E-state index contributed by atoms with van der Waals surface area (Å²) in [4.78, 5) is 60.3. The zero-order chi connectivity index (χ0) is 31.5. The number of hydrogen-bond acceptors (Lipinski definition) is 10. The first-order valence-electron chi connectivity index (χ1n) is 11.9. The minimum absolute atomic E-state index is 0. The molecule has 0 unspecified atom stereocenters. The van der Waals surface area contributed by atoms with Crippen LogP contribution in [0.15, 0.2) is 79.5 Å². The van der Waals surface area contributed by atoms with E-state index in [1.807, 2.05) is 6.92 Å². The Labute approximate surface area is 270 Å². The molecule has 15 heteroatoms. The van der Waals surface area contributed by atoms with Gasteiger partial charge in [0.2, 0.25) is 0 Å². The maximum atomic E-state index is 11.4. The molecule has 0 atom stereocenters. The zero-order valence-corrected chi connectivity index (χ0v) is 27.6. The Morgan fingerprint density at radius 3 is 1.39 bits per heavy atom. The molecule has 0 aliphatic heterocycles. The summed E-state index contributed by atoms with van der Waals surface area (Å²) in [6.07, 6.45) is 7.78. The Kier molecular flexibility index (Phi) is 22.5. The summed E-state index contributed by atoms with van der Waals surface area (Å²) in [5.41, 5.74) is 4.14. The zero-order valence-electron chi connectivity index (χ0n) is 24.4. The molecule has 0 saturated heterocycles. The van der Waals surface area contributed by atoms with Crippen molar-refractivity contribution in [1.29, 1.82) is 0 Å². The van der Waals surface area contributed by atoms with Crippen LogP contribution in [-0.4, -0.2) is 68.6 Å². The van der Waals surface area contributed by atoms with Gasteiger partial charge in [0.1, 0.15) is 0 Å². The first-order chi connectivity index (χ1) is 20.1. The molecule has 4 aromatic heterocycles. The molecule has 0 radical (unpaired) electrons. The van der Waals surface area contributed by atoms with Crippen LogP contribution in [0.4, 0.5) is 0 Å². The van der Waals surface area contributed by atoms with Crippen LogP contribution in [0.5, 0.6) is 0 Å². The van der Waals surface area contributed by atoms with Crippen molar-refractivity contribution in [1.82, 2.24) is 19.9 Å². The van der Waals surface area contributed by atoms with Crippen molar-refractivity contribution in [3.63, 3.8) is 0 Å². The van der Waals surface area contributed by atoms with Gasteiger partial charge in [-0.05, 0) is 69.3 Å². The molecule has 0 saturated carbocycles. The van der Waals surface area contributed by atoms with E-state index in [2.05, 4.69) is 29.4 Å². The van der Waals surface area contributed by atoms with Crippen LogP contribution >= 0.6 is 19.4 Å². The first kappa shape index (κ1) is 42.1. The fraction of sp³-hybridized carbons (Fsp3) is 0.172. The van der Waals surface area contributed by atoms with E-state index in [1.165, 1.54) is 27.3 Å². The van der Waals surface area contributed by atoms with E-state index in [9.17, 15) is 19.2 Å². The van der Waals surface area contributed by atoms with E-state index in [0.29, 0.717) is 28.1 Å². The number of aromatic nitrogens is 4. The van der Waals surface area contributed by atoms with Crippen molar-refractivity contribution in [2.75, 3.05) is 14.2 Å². The number of hydrogen-bond donors (Lipinski definition) is 0. The molecule has 4 N–H and O–H groups in total. The summed E-state index contributed by atoms with van der Waals surface area (Å²) in [5.74, 6) is -0.730. The number of methoxy groups -OCH3 is 2. The molecule has 4 rings (SSSR count). The maximum absolute atomic E-state index is 11.4. The Bertz CT molecular complexity index is 1480. The predicted octanol–water partition coefficient (Wildman–Crippen LogP) is 4.32. The van der Waals surface area contributed by atoms with Gasteiger partial charge in [-0.2, -0.15) is 0 Å². The minimum atomic E-state index is -0.439. The quantitative estimate of drug-likeness (QED) is 0.161. The van der Waals surface area contributed by atoms with Crippen LogP contribution in [-0.2, 0) is 24.6 Å². The molecule has 44 heavy (non-hydrogen) atoms. The molecule has 4 aromatic rings. The van der Waals surface area contributed by atoms with E-state index in [1.54, 1.807) is 80.2 Å². The molecular weight excluding hydrogens is 704 g/mol. The number of halogens is 2. The second-order valence-corrected chi connectivity index (χ2v) is 10.6. The fourth-order valence-corrected chi connectivity index (χ4v) is 2.98. The SMILES string of the molecule is CC(=O)c1ccnc(C)c1.COC(=O)c1ccnc(-c2cc(C(C)=O)ccn2)c1.COC(=O)c1ccncc1.O.O.[Cl][Ru][Cl]. The molecular formula is C29H32Cl2N4O8Ru. The molecule has 0 bridgehead atoms. The first-order valence-corrected chi connectivity index (χ1v) is 16.3. The van der Waals surface area contributed by atoms with Gasteiger partial charge in [-0.3, -0.25) is 29.5 Å². The van der Waals surface area contributed by atoms with Crippen LogP contribution in [0.3, 0.4) is 0 Å². The van der Waals surface area contributed by atoms with Crippen LogP contribution < -0.4 is 0 Å². The van der Waals surface area contributed by atoms with Gasteiger partial charge < -0.3 is 20.4 Å². The normalized spacial score (nSPS) is 8.98. The van der Waals surface area contributed by atoms with Gasteiger partial charge in [0.15, 0.2) is 11.6 Å². The number of carbonyl (C=O) groups is 4. The van der Waals surface area contributed by atoms with Crippen molar-refractivity contribution in [3.8, 4) is 11.4 Å². The molecule has 0 aromatic carbocycles. The monoisotopic (exact) mass is 736 g/mol. The number of pyridine rings is 4. The van der Waals surface area contributed by atoms with Crippen molar-refractivity contribution < 1.29 is 54.7 Å². The van der Waals surface area contributed by atoms with Crippen molar-refractivity contribution in [3.05, 3.63) is 107 Å². The summed E-state index contributed by atoms with van der Waals surface area (Å²) in [5, 5.41) is 0. The van der Waals surface area contributed by atoms with Crippen LogP contribution in [0.25, 0.3) is 11.4 Å². The number of ketones is 2.